The fourth-order valence-corrected chi connectivity index (χ4v) is 1.44. The Morgan fingerprint density at radius 1 is 1.11 bits per heavy atom. The van der Waals surface area contributed by atoms with E-state index in [0.29, 0.717) is 6.42 Å². The van der Waals surface area contributed by atoms with Crippen molar-refractivity contribution in [1.82, 2.24) is 0 Å². The molecule has 0 N–H and O–H groups in total. The predicted octanol–water partition coefficient (Wildman–Crippen LogP) is 4.65. The molecule has 108 valence electrons. The van der Waals surface area contributed by atoms with Gasteiger partial charge in [-0.2, -0.15) is 4.89 Å². The molecule has 0 heterocycles. The third-order valence-electron chi connectivity index (χ3n) is 3.12. The van der Waals surface area contributed by atoms with Gasteiger partial charge in [0.05, 0.1) is 0 Å². The molecule has 0 unspecified atom stereocenters. The first-order chi connectivity index (χ1) is 8.37. The molecular formula is C15H30O3. The number of unbranched alkanes of at least 4 members (excludes halogenated alkanes) is 3. The minimum Gasteiger partial charge on any atom is -0.298 e. The predicted molar refractivity (Wildman–Crippen MR) is 74.1 cm³/mol. The van der Waals surface area contributed by atoms with Crippen LogP contribution in [0.5, 0.6) is 0 Å². The van der Waals surface area contributed by atoms with Gasteiger partial charge < -0.3 is 0 Å². The highest BCUT2D eigenvalue weighted by atomic mass is 17.2. The number of carbonyl (C=O) groups excluding carboxylic acids is 1. The minimum atomic E-state index is -0.382. The second-order valence-corrected chi connectivity index (χ2v) is 6.00. The van der Waals surface area contributed by atoms with Crippen molar-refractivity contribution < 1.29 is 14.6 Å². The van der Waals surface area contributed by atoms with E-state index in [9.17, 15) is 4.79 Å². The Morgan fingerprint density at radius 3 is 2.28 bits per heavy atom. The van der Waals surface area contributed by atoms with Crippen molar-refractivity contribution in [1.29, 1.82) is 0 Å². The Balaban J connectivity index is 3.43. The first kappa shape index (κ1) is 17.4. The third kappa shape index (κ3) is 10.6. The van der Waals surface area contributed by atoms with E-state index in [-0.39, 0.29) is 11.6 Å². The molecule has 0 saturated heterocycles. The summed E-state index contributed by atoms with van der Waals surface area (Å²) in [6, 6.07) is 0. The molecule has 0 radical (unpaired) electrons. The summed E-state index contributed by atoms with van der Waals surface area (Å²) < 4.78 is 0. The van der Waals surface area contributed by atoms with Crippen LogP contribution in [0.4, 0.5) is 0 Å². The molecule has 0 aliphatic carbocycles. The summed E-state index contributed by atoms with van der Waals surface area (Å²) in [6.45, 7) is 10.3. The molecule has 0 amide bonds. The minimum absolute atomic E-state index is 0.250. The summed E-state index contributed by atoms with van der Waals surface area (Å²) in [7, 11) is 0. The number of carbonyl (C=O) groups is 1. The molecule has 0 fully saturated rings. The quantitative estimate of drug-likeness (QED) is 0.325. The molecule has 18 heavy (non-hydrogen) atoms. The van der Waals surface area contributed by atoms with Gasteiger partial charge in [0.1, 0.15) is 5.60 Å². The van der Waals surface area contributed by atoms with E-state index in [0.717, 1.165) is 25.2 Å². The molecule has 3 heteroatoms. The van der Waals surface area contributed by atoms with Crippen LogP contribution in [0.15, 0.2) is 0 Å². The Labute approximate surface area is 112 Å². The first-order valence-electron chi connectivity index (χ1n) is 7.26. The number of hydrogen-bond acceptors (Lipinski definition) is 3. The maximum atomic E-state index is 11.4. The fourth-order valence-electron chi connectivity index (χ4n) is 1.44. The van der Waals surface area contributed by atoms with Crippen molar-refractivity contribution in [2.45, 2.75) is 85.2 Å². The van der Waals surface area contributed by atoms with Crippen LogP contribution in [0, 0.1) is 5.92 Å². The summed E-state index contributed by atoms with van der Waals surface area (Å²) in [5.74, 6) is 0.528. The average molecular weight is 258 g/mol. The number of rotatable bonds is 10. The van der Waals surface area contributed by atoms with Gasteiger partial charge >= 0.3 is 5.97 Å². The standard InChI is InChI=1S/C15H30O3/c1-6-15(4,5)18-17-14(16)12-10-8-7-9-11-13(2)3/h13H,6-12H2,1-5H3. The molecule has 0 aromatic rings. The van der Waals surface area contributed by atoms with Gasteiger partial charge in [-0.1, -0.05) is 46.5 Å². The summed E-state index contributed by atoms with van der Waals surface area (Å²) in [5.41, 5.74) is -0.382. The van der Waals surface area contributed by atoms with Crippen molar-refractivity contribution in [2.75, 3.05) is 0 Å². The van der Waals surface area contributed by atoms with Crippen LogP contribution in [0.25, 0.3) is 0 Å². The van der Waals surface area contributed by atoms with E-state index in [1.54, 1.807) is 0 Å². The molecule has 0 bridgehead atoms. The molecule has 0 spiro atoms. The lowest BCUT2D eigenvalue weighted by Gasteiger charge is -2.20. The lowest BCUT2D eigenvalue weighted by atomic mass is 10.0. The van der Waals surface area contributed by atoms with Crippen LogP contribution in [0.3, 0.4) is 0 Å². The fraction of sp³-hybridized carbons (Fsp3) is 0.933. The van der Waals surface area contributed by atoms with Gasteiger partial charge in [0.2, 0.25) is 0 Å². The van der Waals surface area contributed by atoms with Crippen molar-refractivity contribution in [3.05, 3.63) is 0 Å². The van der Waals surface area contributed by atoms with Crippen LogP contribution >= 0.6 is 0 Å². The van der Waals surface area contributed by atoms with Crippen molar-refractivity contribution >= 4 is 5.97 Å². The zero-order valence-electron chi connectivity index (χ0n) is 12.8. The highest BCUT2D eigenvalue weighted by Crippen LogP contribution is 2.15. The zero-order valence-corrected chi connectivity index (χ0v) is 12.8. The largest absolute Gasteiger partial charge is 0.342 e. The lowest BCUT2D eigenvalue weighted by Crippen LogP contribution is -2.25. The van der Waals surface area contributed by atoms with Crippen LogP contribution in [0.1, 0.15) is 79.6 Å². The van der Waals surface area contributed by atoms with Gasteiger partial charge in [0.15, 0.2) is 0 Å². The Kier molecular flexibility index (Phi) is 9.08. The molecule has 0 aliphatic heterocycles. The summed E-state index contributed by atoms with van der Waals surface area (Å²) in [4.78, 5) is 21.3. The van der Waals surface area contributed by atoms with Crippen LogP contribution in [-0.4, -0.2) is 11.6 Å². The van der Waals surface area contributed by atoms with Crippen LogP contribution in [0.2, 0.25) is 0 Å². The van der Waals surface area contributed by atoms with E-state index in [1.165, 1.54) is 19.3 Å². The Bertz CT molecular complexity index is 222. The van der Waals surface area contributed by atoms with E-state index in [2.05, 4.69) is 13.8 Å². The van der Waals surface area contributed by atoms with Crippen LogP contribution in [-0.2, 0) is 14.6 Å². The molecule has 3 nitrogen and oxygen atoms in total. The maximum absolute atomic E-state index is 11.4. The SMILES string of the molecule is CCC(C)(C)OOC(=O)CCCCCCC(C)C. The van der Waals surface area contributed by atoms with Gasteiger partial charge in [-0.05, 0) is 32.6 Å². The van der Waals surface area contributed by atoms with Crippen molar-refractivity contribution in [2.24, 2.45) is 5.92 Å². The van der Waals surface area contributed by atoms with E-state index >= 15 is 0 Å². The van der Waals surface area contributed by atoms with Gasteiger partial charge in [-0.3, -0.25) is 4.89 Å². The Hall–Kier alpha value is -0.570. The van der Waals surface area contributed by atoms with E-state index in [1.807, 2.05) is 20.8 Å². The molecular weight excluding hydrogens is 228 g/mol. The second kappa shape index (κ2) is 9.37. The van der Waals surface area contributed by atoms with Crippen molar-refractivity contribution in [3.63, 3.8) is 0 Å². The summed E-state index contributed by atoms with van der Waals surface area (Å²) >= 11 is 0. The summed E-state index contributed by atoms with van der Waals surface area (Å²) in [5, 5.41) is 0. The van der Waals surface area contributed by atoms with Crippen molar-refractivity contribution in [3.8, 4) is 0 Å². The third-order valence-corrected chi connectivity index (χ3v) is 3.12. The van der Waals surface area contributed by atoms with Gasteiger partial charge in [-0.25, -0.2) is 4.79 Å². The lowest BCUT2D eigenvalue weighted by molar-refractivity contribution is -0.325. The average Bonchev–Trinajstić information content (AvgIpc) is 2.31. The highest BCUT2D eigenvalue weighted by Gasteiger charge is 2.19. The zero-order chi connectivity index (χ0) is 14.0. The maximum Gasteiger partial charge on any atom is 0.342 e. The highest BCUT2D eigenvalue weighted by molar-refractivity contribution is 5.68. The van der Waals surface area contributed by atoms with E-state index < -0.39 is 0 Å². The first-order valence-corrected chi connectivity index (χ1v) is 7.26. The van der Waals surface area contributed by atoms with Crippen LogP contribution < -0.4 is 0 Å². The monoisotopic (exact) mass is 258 g/mol. The van der Waals surface area contributed by atoms with Gasteiger partial charge in [-0.15, -0.1) is 0 Å². The summed E-state index contributed by atoms with van der Waals surface area (Å²) in [6.07, 6.45) is 7.00. The molecule has 0 aromatic heterocycles. The topological polar surface area (TPSA) is 35.5 Å². The molecule has 0 aliphatic rings. The molecule has 0 atom stereocenters. The normalized spacial score (nSPS) is 11.9. The van der Waals surface area contributed by atoms with Gasteiger partial charge in [0.25, 0.3) is 0 Å². The Morgan fingerprint density at radius 2 is 1.72 bits per heavy atom. The van der Waals surface area contributed by atoms with E-state index in [4.69, 9.17) is 9.78 Å². The number of hydrogen-bond donors (Lipinski definition) is 0. The molecule has 0 saturated carbocycles. The molecule has 0 rings (SSSR count). The van der Waals surface area contributed by atoms with Gasteiger partial charge in [0, 0.05) is 6.42 Å². The second-order valence-electron chi connectivity index (χ2n) is 6.00. The smallest absolute Gasteiger partial charge is 0.298 e. The molecule has 0 aromatic carbocycles.